The lowest BCUT2D eigenvalue weighted by Crippen LogP contribution is -2.54. The predicted octanol–water partition coefficient (Wildman–Crippen LogP) is 5.36. The number of carbonyl (C=O) groups is 1. The molecule has 7 nitrogen and oxygen atoms in total. The number of aryl methyl sites for hydroxylation is 2. The summed E-state index contributed by atoms with van der Waals surface area (Å²) in [6, 6.07) is 19.4. The Balaban J connectivity index is 1.27. The molecule has 1 atom stereocenters. The van der Waals surface area contributed by atoms with Crippen LogP contribution in [-0.4, -0.2) is 55.6 Å². The first-order chi connectivity index (χ1) is 20.2. The number of benzene rings is 2. The van der Waals surface area contributed by atoms with Crippen LogP contribution in [0, 0.1) is 60.3 Å². The van der Waals surface area contributed by atoms with Crippen molar-refractivity contribution in [2.45, 2.75) is 45.7 Å². The maximum absolute atomic E-state index is 14.0. The van der Waals surface area contributed by atoms with Gasteiger partial charge in [0.05, 0.1) is 22.5 Å². The van der Waals surface area contributed by atoms with Gasteiger partial charge in [0.15, 0.2) is 11.6 Å². The average Bonchev–Trinajstić information content (AvgIpc) is 2.99. The van der Waals surface area contributed by atoms with E-state index in [0.29, 0.717) is 36.4 Å². The van der Waals surface area contributed by atoms with Crippen LogP contribution in [0.3, 0.4) is 0 Å². The first kappa shape index (κ1) is 28.7. The number of nitrogens with one attached hydrogen (secondary N) is 1. The zero-order valence-electron chi connectivity index (χ0n) is 24.0. The molecule has 2 aliphatic heterocycles. The molecule has 2 heterocycles. The zero-order valence-corrected chi connectivity index (χ0v) is 24.0. The first-order valence-electron chi connectivity index (χ1n) is 14.1. The van der Waals surface area contributed by atoms with E-state index in [1.807, 2.05) is 54.8 Å². The van der Waals surface area contributed by atoms with Crippen LogP contribution in [0.15, 0.2) is 36.4 Å². The molecule has 5 rings (SSSR count). The van der Waals surface area contributed by atoms with Crippen molar-refractivity contribution in [3.05, 3.63) is 88.0 Å². The smallest absolute Gasteiger partial charge is 0.254 e. The Hall–Kier alpha value is -4.81. The molecule has 0 saturated carbocycles. The molecule has 2 saturated heterocycles. The maximum atomic E-state index is 14.0. The Labute approximate surface area is 245 Å². The van der Waals surface area contributed by atoms with Crippen molar-refractivity contribution < 1.29 is 13.6 Å². The van der Waals surface area contributed by atoms with Gasteiger partial charge in [-0.1, -0.05) is 18.2 Å². The number of anilines is 3. The average molecular weight is 567 g/mol. The summed E-state index contributed by atoms with van der Waals surface area (Å²) < 4.78 is 27.7. The molecule has 0 radical (unpaired) electrons. The molecule has 0 aromatic heterocycles. The number of piperidine rings is 1. The molecular formula is C33H32F2N6O. The monoisotopic (exact) mass is 566 g/mol. The summed E-state index contributed by atoms with van der Waals surface area (Å²) in [5, 5.41) is 22.5. The molecule has 0 aliphatic carbocycles. The van der Waals surface area contributed by atoms with Gasteiger partial charge in [-0.05, 0) is 56.9 Å². The molecule has 2 aliphatic rings. The third-order valence-corrected chi connectivity index (χ3v) is 8.29. The predicted molar refractivity (Wildman–Crippen MR) is 157 cm³/mol. The van der Waals surface area contributed by atoms with Crippen molar-refractivity contribution in [3.8, 4) is 12.1 Å². The molecule has 9 heteroatoms. The van der Waals surface area contributed by atoms with Gasteiger partial charge in [0.2, 0.25) is 0 Å². The van der Waals surface area contributed by atoms with Crippen LogP contribution in [0.4, 0.5) is 25.8 Å². The van der Waals surface area contributed by atoms with E-state index in [1.54, 1.807) is 6.07 Å². The Morgan fingerprint density at radius 3 is 2.26 bits per heavy atom. The minimum atomic E-state index is -1.05. The molecule has 0 bridgehead atoms. The largest absolute Gasteiger partial charge is 0.382 e. The van der Waals surface area contributed by atoms with Crippen LogP contribution >= 0.6 is 0 Å². The summed E-state index contributed by atoms with van der Waals surface area (Å²) in [5.41, 5.74) is 5.40. The fourth-order valence-corrected chi connectivity index (χ4v) is 5.97. The number of nitriles is 2. The van der Waals surface area contributed by atoms with Crippen LogP contribution in [-0.2, 0) is 0 Å². The number of piperazine rings is 1. The second kappa shape index (κ2) is 12.0. The van der Waals surface area contributed by atoms with E-state index < -0.39 is 11.6 Å². The third kappa shape index (κ3) is 5.67. The van der Waals surface area contributed by atoms with E-state index in [9.17, 15) is 24.1 Å². The van der Waals surface area contributed by atoms with Gasteiger partial charge in [-0.25, -0.2) is 8.78 Å². The molecule has 0 spiro atoms. The molecule has 2 fully saturated rings. The number of hydrogen-bond acceptors (Lipinski definition) is 6. The Bertz CT molecular complexity index is 1580. The van der Waals surface area contributed by atoms with Gasteiger partial charge in [0, 0.05) is 74.3 Å². The fourth-order valence-electron chi connectivity index (χ4n) is 5.97. The van der Waals surface area contributed by atoms with Crippen molar-refractivity contribution in [2.75, 3.05) is 47.8 Å². The topological polar surface area (TPSA) is 86.4 Å². The Morgan fingerprint density at radius 1 is 0.881 bits per heavy atom. The Morgan fingerprint density at radius 2 is 1.57 bits per heavy atom. The summed E-state index contributed by atoms with van der Waals surface area (Å²) in [4.78, 5) is 19.6. The highest BCUT2D eigenvalue weighted by molar-refractivity contribution is 5.97. The van der Waals surface area contributed by atoms with Crippen molar-refractivity contribution in [3.63, 3.8) is 0 Å². The van der Waals surface area contributed by atoms with E-state index in [1.165, 1.54) is 0 Å². The molecule has 1 N–H and O–H groups in total. The van der Waals surface area contributed by atoms with E-state index in [2.05, 4.69) is 28.4 Å². The minimum Gasteiger partial charge on any atom is -0.382 e. The summed E-state index contributed by atoms with van der Waals surface area (Å²) in [6.45, 7) is 8.67. The standard InChI is InChI=1S/C33H32F2N6O/c1-21-14-22(2)30(38-26-8-10-39(11-9-26)31-7-5-4-6-24(31)18-36)16-27(21)33(42)41-13-12-40(20-23(41)3)32-17-29(35)28(34)15-25(32)19-37/h6-7,14-17,23,26,38H,8-13,20H2,1-3H3/t23-/m0/s1. The molecule has 3 aromatic carbocycles. The maximum Gasteiger partial charge on any atom is 0.254 e. The molecule has 3 aromatic rings. The second-order valence-electron chi connectivity index (χ2n) is 11.1. The van der Waals surface area contributed by atoms with Crippen LogP contribution in [0.5, 0.6) is 0 Å². The van der Waals surface area contributed by atoms with Crippen molar-refractivity contribution >= 4 is 23.0 Å². The summed E-state index contributed by atoms with van der Waals surface area (Å²) in [7, 11) is 0. The minimum absolute atomic E-state index is 0.0721. The summed E-state index contributed by atoms with van der Waals surface area (Å²) >= 11 is 0. The van der Waals surface area contributed by atoms with Gasteiger partial charge in [-0.2, -0.15) is 10.5 Å². The second-order valence-corrected chi connectivity index (χ2v) is 11.1. The van der Waals surface area contributed by atoms with Gasteiger partial charge in [-0.15, -0.1) is 0 Å². The van der Waals surface area contributed by atoms with E-state index in [-0.39, 0.29) is 23.6 Å². The molecule has 1 amide bonds. The van der Waals surface area contributed by atoms with Crippen molar-refractivity contribution in [2.24, 2.45) is 0 Å². The lowest BCUT2D eigenvalue weighted by Gasteiger charge is -2.41. The summed E-state index contributed by atoms with van der Waals surface area (Å²) in [6.07, 6.45) is 1.77. The third-order valence-electron chi connectivity index (χ3n) is 8.29. The number of nitrogens with zero attached hydrogens (tertiary/aromatic N) is 5. The van der Waals surface area contributed by atoms with E-state index >= 15 is 0 Å². The first-order valence-corrected chi connectivity index (χ1v) is 14.1. The lowest BCUT2D eigenvalue weighted by atomic mass is 9.98. The molecule has 214 valence electrons. The van der Waals surface area contributed by atoms with Crippen LogP contribution in [0.1, 0.15) is 52.4 Å². The lowest BCUT2D eigenvalue weighted by molar-refractivity contribution is 0.0673. The van der Waals surface area contributed by atoms with Crippen LogP contribution in [0.25, 0.3) is 0 Å². The van der Waals surface area contributed by atoms with Gasteiger partial charge in [0.25, 0.3) is 5.91 Å². The SMILES string of the molecule is Cc1cc(C)c(C(=O)N2CCN(c3cc(F)c(F)cc3C#N)C[C@@H]2C)cc1NC1CCN(c2cc#ccc2C#N)CC1. The van der Waals surface area contributed by atoms with E-state index in [4.69, 9.17) is 0 Å². The van der Waals surface area contributed by atoms with Gasteiger partial charge in [0.1, 0.15) is 12.1 Å². The number of amides is 1. The normalized spacial score (nSPS) is 17.3. The fraction of sp³-hybridized carbons (Fsp3) is 0.364. The highest BCUT2D eigenvalue weighted by atomic mass is 19.2. The Kier molecular flexibility index (Phi) is 8.18. The zero-order chi connectivity index (χ0) is 30.0. The van der Waals surface area contributed by atoms with Gasteiger partial charge < -0.3 is 20.0 Å². The molecule has 42 heavy (non-hydrogen) atoms. The number of hydrogen-bond donors (Lipinski definition) is 1. The van der Waals surface area contributed by atoms with Crippen molar-refractivity contribution in [1.29, 1.82) is 10.5 Å². The van der Waals surface area contributed by atoms with Crippen LogP contribution < -0.4 is 15.1 Å². The van der Waals surface area contributed by atoms with E-state index in [0.717, 1.165) is 60.6 Å². The van der Waals surface area contributed by atoms with Crippen molar-refractivity contribution in [1.82, 2.24) is 4.90 Å². The number of halogens is 2. The van der Waals surface area contributed by atoms with Gasteiger partial charge in [-0.3, -0.25) is 4.79 Å². The number of rotatable bonds is 5. The highest BCUT2D eigenvalue weighted by Crippen LogP contribution is 2.30. The quantitative estimate of drug-likeness (QED) is 0.448. The van der Waals surface area contributed by atoms with Crippen LogP contribution in [0.2, 0.25) is 0 Å². The van der Waals surface area contributed by atoms with Gasteiger partial charge >= 0.3 is 0 Å². The molecule has 0 unspecified atom stereocenters. The highest BCUT2D eigenvalue weighted by Gasteiger charge is 2.31. The summed E-state index contributed by atoms with van der Waals surface area (Å²) in [5.74, 6) is -2.13. The molecular weight excluding hydrogens is 534 g/mol. The number of carbonyl (C=O) groups excluding carboxylic acids is 1.